The molecule has 1 aliphatic rings. The second-order valence-corrected chi connectivity index (χ2v) is 6.06. The first-order valence-corrected chi connectivity index (χ1v) is 6.52. The number of thiophene rings is 1. The smallest absolute Gasteiger partial charge is 0.352 e. The van der Waals surface area contributed by atoms with E-state index in [1.807, 2.05) is 12.1 Å². The van der Waals surface area contributed by atoms with Crippen molar-refractivity contribution >= 4 is 44.9 Å². The van der Waals surface area contributed by atoms with Crippen LogP contribution in [-0.2, 0) is 16.1 Å². The Kier molecular flexibility index (Phi) is 3.58. The first kappa shape index (κ1) is 12.3. The van der Waals surface area contributed by atoms with Crippen LogP contribution in [0.25, 0.3) is 0 Å². The highest BCUT2D eigenvalue weighted by Crippen LogP contribution is 2.24. The van der Waals surface area contributed by atoms with E-state index in [1.165, 1.54) is 16.3 Å². The summed E-state index contributed by atoms with van der Waals surface area (Å²) in [5.41, 5.74) is 0.0419. The average molecular weight is 317 g/mol. The quantitative estimate of drug-likeness (QED) is 0.928. The lowest BCUT2D eigenvalue weighted by atomic mass is 10.2. The zero-order valence-electron chi connectivity index (χ0n) is 8.72. The lowest BCUT2D eigenvalue weighted by molar-refractivity contribution is -0.133. The van der Waals surface area contributed by atoms with Crippen molar-refractivity contribution in [2.75, 3.05) is 0 Å². The average Bonchev–Trinajstić information content (AvgIpc) is 2.67. The van der Waals surface area contributed by atoms with Crippen molar-refractivity contribution < 1.29 is 14.7 Å². The van der Waals surface area contributed by atoms with Crippen molar-refractivity contribution in [2.45, 2.75) is 19.4 Å². The van der Waals surface area contributed by atoms with Gasteiger partial charge in [0.15, 0.2) is 0 Å². The molecule has 2 rings (SSSR count). The first-order valence-electron chi connectivity index (χ1n) is 4.91. The van der Waals surface area contributed by atoms with Gasteiger partial charge in [-0.1, -0.05) is 0 Å². The molecular formula is C10H9BrN2O3S. The molecule has 1 N–H and O–H groups in total. The van der Waals surface area contributed by atoms with Gasteiger partial charge in [-0.25, -0.2) is 9.80 Å². The molecule has 0 atom stereocenters. The Bertz CT molecular complexity index is 497. The second-order valence-electron chi connectivity index (χ2n) is 3.51. The summed E-state index contributed by atoms with van der Waals surface area (Å²) in [7, 11) is 0. The Balaban J connectivity index is 2.15. The number of carboxylic acids is 1. The largest absolute Gasteiger partial charge is 0.477 e. The highest BCUT2D eigenvalue weighted by molar-refractivity contribution is 9.11. The standard InChI is InChI=1S/C10H9BrN2O3S/c11-8-3-1-6(17-8)5-13-9(14)4-2-7(12-13)10(15)16/h1,3H,2,4-5H2,(H,15,16). The van der Waals surface area contributed by atoms with E-state index in [0.29, 0.717) is 6.54 Å². The summed E-state index contributed by atoms with van der Waals surface area (Å²) in [5, 5.41) is 13.9. The van der Waals surface area contributed by atoms with Gasteiger partial charge in [-0.05, 0) is 28.1 Å². The zero-order chi connectivity index (χ0) is 12.4. The van der Waals surface area contributed by atoms with Gasteiger partial charge in [-0.2, -0.15) is 5.10 Å². The van der Waals surface area contributed by atoms with Gasteiger partial charge in [0.1, 0.15) is 5.71 Å². The minimum absolute atomic E-state index is 0.0419. The molecule has 1 aliphatic heterocycles. The van der Waals surface area contributed by atoms with Gasteiger partial charge in [0.25, 0.3) is 0 Å². The predicted molar refractivity (Wildman–Crippen MR) is 66.9 cm³/mol. The fourth-order valence-corrected chi connectivity index (χ4v) is 2.93. The first-order chi connectivity index (χ1) is 8.06. The maximum Gasteiger partial charge on any atom is 0.352 e. The van der Waals surface area contributed by atoms with E-state index < -0.39 is 5.97 Å². The van der Waals surface area contributed by atoms with Crippen molar-refractivity contribution in [3.8, 4) is 0 Å². The zero-order valence-corrected chi connectivity index (χ0v) is 11.1. The number of carbonyl (C=O) groups is 2. The maximum absolute atomic E-state index is 11.6. The van der Waals surface area contributed by atoms with E-state index in [9.17, 15) is 9.59 Å². The van der Waals surface area contributed by atoms with Crippen LogP contribution in [0.3, 0.4) is 0 Å². The van der Waals surface area contributed by atoms with Crippen molar-refractivity contribution in [1.29, 1.82) is 0 Å². The summed E-state index contributed by atoms with van der Waals surface area (Å²) in [5.74, 6) is -1.20. The topological polar surface area (TPSA) is 70.0 Å². The molecule has 0 fully saturated rings. The molecule has 0 spiro atoms. The number of aliphatic carboxylic acids is 1. The number of carboxylic acid groups (broad SMARTS) is 1. The fraction of sp³-hybridized carbons (Fsp3) is 0.300. The molecule has 0 unspecified atom stereocenters. The van der Waals surface area contributed by atoms with E-state index in [-0.39, 0.29) is 24.5 Å². The van der Waals surface area contributed by atoms with Crippen LogP contribution in [0.15, 0.2) is 21.0 Å². The molecule has 17 heavy (non-hydrogen) atoms. The molecule has 1 aromatic rings. The number of carbonyl (C=O) groups excluding carboxylic acids is 1. The fourth-order valence-electron chi connectivity index (χ4n) is 1.46. The van der Waals surface area contributed by atoms with Crippen LogP contribution in [-0.4, -0.2) is 27.7 Å². The summed E-state index contributed by atoms with van der Waals surface area (Å²) < 4.78 is 0.972. The van der Waals surface area contributed by atoms with Crippen molar-refractivity contribution in [2.24, 2.45) is 5.10 Å². The van der Waals surface area contributed by atoms with Gasteiger partial charge >= 0.3 is 5.97 Å². The van der Waals surface area contributed by atoms with Gasteiger partial charge in [-0.3, -0.25) is 4.79 Å². The number of rotatable bonds is 3. The van der Waals surface area contributed by atoms with Gasteiger partial charge in [-0.15, -0.1) is 11.3 Å². The van der Waals surface area contributed by atoms with Crippen LogP contribution in [0.4, 0.5) is 0 Å². The molecule has 2 heterocycles. The number of amides is 1. The van der Waals surface area contributed by atoms with Crippen LogP contribution in [0.2, 0.25) is 0 Å². The Morgan fingerprint density at radius 1 is 1.53 bits per heavy atom. The molecular weight excluding hydrogens is 308 g/mol. The highest BCUT2D eigenvalue weighted by atomic mass is 79.9. The van der Waals surface area contributed by atoms with Gasteiger partial charge in [0, 0.05) is 17.7 Å². The second kappa shape index (κ2) is 4.97. The number of hydrogen-bond acceptors (Lipinski definition) is 4. The molecule has 0 radical (unpaired) electrons. The summed E-state index contributed by atoms with van der Waals surface area (Å²) in [6, 6.07) is 3.77. The summed E-state index contributed by atoms with van der Waals surface area (Å²) >= 11 is 4.83. The SMILES string of the molecule is O=C(O)C1=NN(Cc2ccc(Br)s2)C(=O)CC1. The molecule has 0 saturated heterocycles. The van der Waals surface area contributed by atoms with Gasteiger partial charge < -0.3 is 5.11 Å². The molecule has 1 aromatic heterocycles. The van der Waals surface area contributed by atoms with E-state index in [0.717, 1.165) is 8.66 Å². The van der Waals surface area contributed by atoms with Crippen LogP contribution >= 0.6 is 27.3 Å². The minimum atomic E-state index is -1.06. The van der Waals surface area contributed by atoms with Crippen molar-refractivity contribution in [3.05, 3.63) is 20.8 Å². The summed E-state index contributed by atoms with van der Waals surface area (Å²) in [6.07, 6.45) is 0.413. The molecule has 5 nitrogen and oxygen atoms in total. The monoisotopic (exact) mass is 316 g/mol. The van der Waals surface area contributed by atoms with Crippen LogP contribution in [0.5, 0.6) is 0 Å². The van der Waals surface area contributed by atoms with Crippen LogP contribution in [0, 0.1) is 0 Å². The number of halogens is 1. The Morgan fingerprint density at radius 2 is 2.29 bits per heavy atom. The molecule has 0 aliphatic carbocycles. The Morgan fingerprint density at radius 3 is 2.88 bits per heavy atom. The molecule has 0 aromatic carbocycles. The third kappa shape index (κ3) is 2.92. The van der Waals surface area contributed by atoms with Crippen molar-refractivity contribution in [1.82, 2.24) is 5.01 Å². The molecule has 0 bridgehead atoms. The van der Waals surface area contributed by atoms with E-state index in [2.05, 4.69) is 21.0 Å². The maximum atomic E-state index is 11.6. The Hall–Kier alpha value is -1.21. The van der Waals surface area contributed by atoms with Gasteiger partial charge in [0.05, 0.1) is 10.3 Å². The molecule has 1 amide bonds. The normalized spacial score (nSPS) is 15.9. The Labute approximate surface area is 110 Å². The number of hydrazone groups is 1. The van der Waals surface area contributed by atoms with Crippen molar-refractivity contribution in [3.63, 3.8) is 0 Å². The number of nitrogens with zero attached hydrogens (tertiary/aromatic N) is 2. The molecule has 90 valence electrons. The van der Waals surface area contributed by atoms with Crippen LogP contribution in [0.1, 0.15) is 17.7 Å². The lowest BCUT2D eigenvalue weighted by Crippen LogP contribution is -2.33. The van der Waals surface area contributed by atoms with Gasteiger partial charge in [0.2, 0.25) is 5.91 Å². The minimum Gasteiger partial charge on any atom is -0.477 e. The van der Waals surface area contributed by atoms with E-state index in [1.54, 1.807) is 0 Å². The third-order valence-electron chi connectivity index (χ3n) is 2.29. The summed E-state index contributed by atoms with van der Waals surface area (Å²) in [4.78, 5) is 23.3. The highest BCUT2D eigenvalue weighted by Gasteiger charge is 2.24. The molecule has 0 saturated carbocycles. The predicted octanol–water partition coefficient (Wildman–Crippen LogP) is 2.07. The summed E-state index contributed by atoms with van der Waals surface area (Å²) in [6.45, 7) is 0.325. The van der Waals surface area contributed by atoms with E-state index in [4.69, 9.17) is 5.11 Å². The van der Waals surface area contributed by atoms with E-state index >= 15 is 0 Å². The molecule has 7 heteroatoms. The third-order valence-corrected chi connectivity index (χ3v) is 3.89. The number of hydrogen-bond donors (Lipinski definition) is 1. The lowest BCUT2D eigenvalue weighted by Gasteiger charge is -2.21. The van der Waals surface area contributed by atoms with Crippen LogP contribution < -0.4 is 0 Å².